The third kappa shape index (κ3) is 5.46. The Morgan fingerprint density at radius 3 is 2.56 bits per heavy atom. The molecule has 1 fully saturated rings. The van der Waals surface area contributed by atoms with Crippen LogP contribution in [0.15, 0.2) is 18.2 Å². The molecular formula is C21H34N2O2. The fraction of sp³-hybridized carbons (Fsp3) is 0.667. The van der Waals surface area contributed by atoms with Crippen LogP contribution in [-0.4, -0.2) is 43.6 Å². The Morgan fingerprint density at radius 1 is 1.28 bits per heavy atom. The highest BCUT2D eigenvalue weighted by molar-refractivity contribution is 5.81. The van der Waals surface area contributed by atoms with Gasteiger partial charge in [-0.15, -0.1) is 0 Å². The van der Waals surface area contributed by atoms with Crippen LogP contribution in [0.25, 0.3) is 0 Å². The lowest BCUT2D eigenvalue weighted by molar-refractivity contribution is -0.139. The fourth-order valence-electron chi connectivity index (χ4n) is 3.39. The Hall–Kier alpha value is -1.55. The summed E-state index contributed by atoms with van der Waals surface area (Å²) in [5.74, 6) is 2.13. The Morgan fingerprint density at radius 2 is 1.96 bits per heavy atom. The van der Waals surface area contributed by atoms with Gasteiger partial charge in [0.25, 0.3) is 5.91 Å². The van der Waals surface area contributed by atoms with E-state index in [0.717, 1.165) is 49.7 Å². The molecule has 140 valence electrons. The number of likely N-dealkylation sites (tertiary alicyclic amines) is 1. The second-order valence-corrected chi connectivity index (χ2v) is 7.60. The summed E-state index contributed by atoms with van der Waals surface area (Å²) in [5, 5.41) is 3.21. The SMILES string of the molecule is CNCCC1CCN(C(=O)C(C)Oc2cc(C(C)C)ccc2C)CC1. The highest BCUT2D eigenvalue weighted by Gasteiger charge is 2.27. The first-order chi connectivity index (χ1) is 11.9. The minimum atomic E-state index is -0.435. The van der Waals surface area contributed by atoms with Gasteiger partial charge in [-0.3, -0.25) is 4.79 Å². The molecule has 0 aromatic heterocycles. The number of piperidine rings is 1. The minimum absolute atomic E-state index is 0.112. The van der Waals surface area contributed by atoms with Crippen LogP contribution in [0, 0.1) is 12.8 Å². The van der Waals surface area contributed by atoms with Crippen LogP contribution in [0.5, 0.6) is 5.75 Å². The third-order valence-corrected chi connectivity index (χ3v) is 5.26. The average molecular weight is 347 g/mol. The summed E-state index contributed by atoms with van der Waals surface area (Å²) in [6, 6.07) is 6.29. The first-order valence-corrected chi connectivity index (χ1v) is 9.63. The van der Waals surface area contributed by atoms with Crippen molar-refractivity contribution in [1.82, 2.24) is 10.2 Å². The zero-order valence-corrected chi connectivity index (χ0v) is 16.5. The quantitative estimate of drug-likeness (QED) is 0.818. The smallest absolute Gasteiger partial charge is 0.263 e. The van der Waals surface area contributed by atoms with Gasteiger partial charge in [0.2, 0.25) is 0 Å². The predicted octanol–water partition coefficient (Wildman–Crippen LogP) is 3.73. The average Bonchev–Trinajstić information content (AvgIpc) is 2.61. The van der Waals surface area contributed by atoms with Crippen LogP contribution in [0.2, 0.25) is 0 Å². The molecule has 0 bridgehead atoms. The molecule has 1 aromatic rings. The van der Waals surface area contributed by atoms with E-state index in [-0.39, 0.29) is 5.91 Å². The van der Waals surface area contributed by atoms with Gasteiger partial charge < -0.3 is 15.0 Å². The van der Waals surface area contributed by atoms with Gasteiger partial charge >= 0.3 is 0 Å². The van der Waals surface area contributed by atoms with Gasteiger partial charge in [-0.25, -0.2) is 0 Å². The summed E-state index contributed by atoms with van der Waals surface area (Å²) in [4.78, 5) is 14.7. The number of carbonyl (C=O) groups excluding carboxylic acids is 1. The van der Waals surface area contributed by atoms with E-state index >= 15 is 0 Å². The van der Waals surface area contributed by atoms with E-state index in [1.54, 1.807) is 0 Å². The minimum Gasteiger partial charge on any atom is -0.481 e. The molecule has 0 aliphatic carbocycles. The van der Waals surface area contributed by atoms with Gasteiger partial charge in [-0.2, -0.15) is 0 Å². The van der Waals surface area contributed by atoms with Crippen LogP contribution < -0.4 is 10.1 Å². The van der Waals surface area contributed by atoms with Gasteiger partial charge in [-0.1, -0.05) is 26.0 Å². The van der Waals surface area contributed by atoms with Crippen molar-refractivity contribution in [2.24, 2.45) is 5.92 Å². The number of carbonyl (C=O) groups is 1. The van der Waals surface area contributed by atoms with E-state index in [4.69, 9.17) is 4.74 Å². The monoisotopic (exact) mass is 346 g/mol. The van der Waals surface area contributed by atoms with E-state index in [9.17, 15) is 4.79 Å². The van der Waals surface area contributed by atoms with Crippen molar-refractivity contribution in [2.45, 2.75) is 59.0 Å². The Labute approximate surface area is 152 Å². The predicted molar refractivity (Wildman–Crippen MR) is 103 cm³/mol. The summed E-state index contributed by atoms with van der Waals surface area (Å²) in [6.07, 6.45) is 2.96. The molecule has 0 spiro atoms. The van der Waals surface area contributed by atoms with Gasteiger partial charge in [0, 0.05) is 13.1 Å². The lowest BCUT2D eigenvalue weighted by Crippen LogP contribution is -2.45. The first-order valence-electron chi connectivity index (χ1n) is 9.63. The maximum Gasteiger partial charge on any atom is 0.263 e. The second kappa shape index (κ2) is 9.23. The van der Waals surface area contributed by atoms with E-state index in [1.165, 1.54) is 12.0 Å². The highest BCUT2D eigenvalue weighted by atomic mass is 16.5. The van der Waals surface area contributed by atoms with Gasteiger partial charge in [-0.05, 0) is 75.7 Å². The maximum atomic E-state index is 12.7. The third-order valence-electron chi connectivity index (χ3n) is 5.26. The summed E-state index contributed by atoms with van der Waals surface area (Å²) >= 11 is 0. The van der Waals surface area contributed by atoms with Crippen molar-refractivity contribution in [2.75, 3.05) is 26.7 Å². The van der Waals surface area contributed by atoms with E-state index < -0.39 is 6.10 Å². The van der Waals surface area contributed by atoms with Crippen molar-refractivity contribution in [3.63, 3.8) is 0 Å². The van der Waals surface area contributed by atoms with Gasteiger partial charge in [0.05, 0.1) is 0 Å². The maximum absolute atomic E-state index is 12.7. The van der Waals surface area contributed by atoms with Crippen LogP contribution in [0.4, 0.5) is 0 Å². The number of nitrogens with zero attached hydrogens (tertiary/aromatic N) is 1. The Kier molecular flexibility index (Phi) is 7.30. The van der Waals surface area contributed by atoms with Crippen molar-refractivity contribution < 1.29 is 9.53 Å². The van der Waals surface area contributed by atoms with E-state index in [2.05, 4.69) is 37.4 Å². The molecule has 1 aromatic carbocycles. The summed E-state index contributed by atoms with van der Waals surface area (Å²) in [5.41, 5.74) is 2.32. The van der Waals surface area contributed by atoms with Crippen LogP contribution in [-0.2, 0) is 4.79 Å². The molecule has 1 aliphatic rings. The Bertz CT molecular complexity index is 563. The molecule has 1 N–H and O–H groups in total. The topological polar surface area (TPSA) is 41.6 Å². The van der Waals surface area contributed by atoms with E-state index in [0.29, 0.717) is 5.92 Å². The molecule has 1 aliphatic heterocycles. The number of ether oxygens (including phenoxy) is 1. The zero-order chi connectivity index (χ0) is 18.4. The summed E-state index contributed by atoms with van der Waals surface area (Å²) in [7, 11) is 1.99. The van der Waals surface area contributed by atoms with Crippen molar-refractivity contribution >= 4 is 5.91 Å². The molecule has 1 unspecified atom stereocenters. The molecule has 1 amide bonds. The lowest BCUT2D eigenvalue weighted by Gasteiger charge is -2.33. The number of nitrogens with one attached hydrogen (secondary N) is 1. The summed E-state index contributed by atoms with van der Waals surface area (Å²) in [6.45, 7) is 11.0. The molecule has 2 rings (SSSR count). The number of amides is 1. The molecular weight excluding hydrogens is 312 g/mol. The Balaban J connectivity index is 1.92. The number of hydrogen-bond acceptors (Lipinski definition) is 3. The standard InChI is InChI=1S/C21H34N2O2/c1-15(2)19-7-6-16(3)20(14-19)25-17(4)21(24)23-12-9-18(10-13-23)8-11-22-5/h6-7,14-15,17-18,22H,8-13H2,1-5H3. The number of hydrogen-bond donors (Lipinski definition) is 1. The van der Waals surface area contributed by atoms with Crippen LogP contribution in [0.3, 0.4) is 0 Å². The number of rotatable bonds is 7. The van der Waals surface area contributed by atoms with Crippen LogP contribution in [0.1, 0.15) is 57.1 Å². The zero-order valence-electron chi connectivity index (χ0n) is 16.5. The largest absolute Gasteiger partial charge is 0.481 e. The fourth-order valence-corrected chi connectivity index (χ4v) is 3.39. The van der Waals surface area contributed by atoms with Crippen molar-refractivity contribution in [3.05, 3.63) is 29.3 Å². The normalized spacial score (nSPS) is 17.0. The van der Waals surface area contributed by atoms with Crippen LogP contribution >= 0.6 is 0 Å². The van der Waals surface area contributed by atoms with Crippen molar-refractivity contribution in [3.8, 4) is 5.75 Å². The molecule has 1 atom stereocenters. The molecule has 0 saturated carbocycles. The van der Waals surface area contributed by atoms with Crippen molar-refractivity contribution in [1.29, 1.82) is 0 Å². The van der Waals surface area contributed by atoms with E-state index in [1.807, 2.05) is 25.8 Å². The molecule has 25 heavy (non-hydrogen) atoms. The second-order valence-electron chi connectivity index (χ2n) is 7.60. The molecule has 0 radical (unpaired) electrons. The number of benzene rings is 1. The molecule has 1 heterocycles. The molecule has 4 heteroatoms. The van der Waals surface area contributed by atoms with Gasteiger partial charge in [0.15, 0.2) is 6.10 Å². The lowest BCUT2D eigenvalue weighted by atomic mass is 9.93. The number of aryl methyl sites for hydroxylation is 1. The molecule has 1 saturated heterocycles. The molecule has 4 nitrogen and oxygen atoms in total. The first kappa shape index (κ1) is 19.8. The highest BCUT2D eigenvalue weighted by Crippen LogP contribution is 2.26. The van der Waals surface area contributed by atoms with Gasteiger partial charge in [0.1, 0.15) is 5.75 Å². The summed E-state index contributed by atoms with van der Waals surface area (Å²) < 4.78 is 6.04.